The fraction of sp³-hybridized carbons (Fsp3) is 0.842. The lowest BCUT2D eigenvalue weighted by Gasteiger charge is -2.28. The maximum Gasteiger partial charge on any atom is 0.223 e. The lowest BCUT2D eigenvalue weighted by atomic mass is 9.85. The molecule has 1 saturated carbocycles. The van der Waals surface area contributed by atoms with E-state index in [1.165, 1.54) is 0 Å². The first-order chi connectivity index (χ1) is 12.6. The number of carbonyl (C=O) groups is 3. The normalized spacial score (nSPS) is 19.8. The quantitative estimate of drug-likeness (QED) is 0.480. The predicted octanol–water partition coefficient (Wildman–Crippen LogP) is 1.59. The largest absolute Gasteiger partial charge is 0.381 e. The highest BCUT2D eigenvalue weighted by Gasteiger charge is 2.26. The number of ketones is 1. The molecule has 1 aliphatic carbocycles. The van der Waals surface area contributed by atoms with Gasteiger partial charge in [-0.05, 0) is 32.6 Å². The number of ether oxygens (including phenoxy) is 2. The molecule has 0 aromatic heterocycles. The van der Waals surface area contributed by atoms with Crippen molar-refractivity contribution in [3.8, 4) is 0 Å². The Kier molecular flexibility index (Phi) is 11.9. The molecule has 2 amide bonds. The van der Waals surface area contributed by atoms with Crippen LogP contribution in [-0.2, 0) is 23.9 Å². The molecule has 0 saturated heterocycles. The number of amides is 2. The third kappa shape index (κ3) is 9.87. The Morgan fingerprint density at radius 3 is 2.27 bits per heavy atom. The van der Waals surface area contributed by atoms with E-state index < -0.39 is 0 Å². The molecule has 0 aromatic rings. The van der Waals surface area contributed by atoms with Gasteiger partial charge in [-0.2, -0.15) is 0 Å². The molecule has 0 atom stereocenters. The van der Waals surface area contributed by atoms with Crippen molar-refractivity contribution in [2.24, 2.45) is 5.92 Å². The predicted molar refractivity (Wildman–Crippen MR) is 98.7 cm³/mol. The SMILES string of the molecule is CCOCCC(=O)NC1CCC(C(=O)NCCOCCC(=O)CC)CC1. The summed E-state index contributed by atoms with van der Waals surface area (Å²) in [6.07, 6.45) is 4.59. The number of rotatable bonds is 13. The Bertz CT molecular complexity index is 434. The van der Waals surface area contributed by atoms with E-state index in [1.54, 1.807) is 0 Å². The summed E-state index contributed by atoms with van der Waals surface area (Å²) in [6, 6.07) is 0.160. The van der Waals surface area contributed by atoms with Crippen molar-refractivity contribution in [2.45, 2.75) is 64.8 Å². The lowest BCUT2D eigenvalue weighted by molar-refractivity contribution is -0.126. The van der Waals surface area contributed by atoms with Gasteiger partial charge in [-0.1, -0.05) is 6.92 Å². The van der Waals surface area contributed by atoms with Gasteiger partial charge in [0.25, 0.3) is 0 Å². The van der Waals surface area contributed by atoms with E-state index in [0.29, 0.717) is 52.2 Å². The summed E-state index contributed by atoms with van der Waals surface area (Å²) < 4.78 is 10.5. The molecule has 26 heavy (non-hydrogen) atoms. The molecule has 0 heterocycles. The summed E-state index contributed by atoms with van der Waals surface area (Å²) in [5.74, 6) is 0.272. The number of hydrogen-bond donors (Lipinski definition) is 2. The van der Waals surface area contributed by atoms with Crippen LogP contribution in [0, 0.1) is 5.92 Å². The van der Waals surface area contributed by atoms with E-state index in [9.17, 15) is 14.4 Å². The number of Topliss-reactive ketones (excluding diaryl/α,β-unsaturated/α-hetero) is 1. The molecule has 0 unspecified atom stereocenters. The highest BCUT2D eigenvalue weighted by atomic mass is 16.5. The van der Waals surface area contributed by atoms with Crippen LogP contribution in [0.3, 0.4) is 0 Å². The molecule has 2 N–H and O–H groups in total. The summed E-state index contributed by atoms with van der Waals surface area (Å²) in [5, 5.41) is 5.91. The average Bonchev–Trinajstić information content (AvgIpc) is 2.64. The van der Waals surface area contributed by atoms with Gasteiger partial charge in [0, 0.05) is 44.4 Å². The van der Waals surface area contributed by atoms with E-state index in [-0.39, 0.29) is 29.6 Å². The van der Waals surface area contributed by atoms with Gasteiger partial charge in [0.1, 0.15) is 5.78 Å². The molecule has 0 radical (unpaired) electrons. The molecule has 0 bridgehead atoms. The van der Waals surface area contributed by atoms with Gasteiger partial charge >= 0.3 is 0 Å². The van der Waals surface area contributed by atoms with Crippen molar-refractivity contribution in [1.82, 2.24) is 10.6 Å². The fourth-order valence-electron chi connectivity index (χ4n) is 2.96. The van der Waals surface area contributed by atoms with Gasteiger partial charge in [0.05, 0.1) is 19.8 Å². The topological polar surface area (TPSA) is 93.7 Å². The fourth-order valence-corrected chi connectivity index (χ4v) is 2.96. The van der Waals surface area contributed by atoms with Crippen LogP contribution < -0.4 is 10.6 Å². The van der Waals surface area contributed by atoms with Crippen molar-refractivity contribution in [1.29, 1.82) is 0 Å². The monoisotopic (exact) mass is 370 g/mol. The lowest BCUT2D eigenvalue weighted by Crippen LogP contribution is -2.41. The van der Waals surface area contributed by atoms with Crippen LogP contribution in [0.5, 0.6) is 0 Å². The molecule has 0 spiro atoms. The highest BCUT2D eigenvalue weighted by Crippen LogP contribution is 2.24. The number of hydrogen-bond acceptors (Lipinski definition) is 5. The van der Waals surface area contributed by atoms with Gasteiger partial charge in [-0.25, -0.2) is 0 Å². The molecular weight excluding hydrogens is 336 g/mol. The van der Waals surface area contributed by atoms with Gasteiger partial charge in [0.2, 0.25) is 11.8 Å². The zero-order valence-electron chi connectivity index (χ0n) is 16.2. The second-order valence-electron chi connectivity index (χ2n) is 6.61. The summed E-state index contributed by atoms with van der Waals surface area (Å²) in [6.45, 7) is 6.12. The number of nitrogens with one attached hydrogen (secondary N) is 2. The summed E-state index contributed by atoms with van der Waals surface area (Å²) in [5.41, 5.74) is 0. The summed E-state index contributed by atoms with van der Waals surface area (Å²) in [4.78, 5) is 35.1. The third-order valence-electron chi connectivity index (χ3n) is 4.61. The average molecular weight is 370 g/mol. The standard InChI is InChI=1S/C19H34N2O5/c1-3-17(22)9-12-26-14-11-20-19(24)15-5-7-16(8-6-15)21-18(23)10-13-25-4-2/h15-16H,3-14H2,1-2H3,(H,20,24)(H,21,23). The van der Waals surface area contributed by atoms with Crippen LogP contribution in [0.15, 0.2) is 0 Å². The molecule has 1 rings (SSSR count). The highest BCUT2D eigenvalue weighted by molar-refractivity contribution is 5.79. The second-order valence-corrected chi connectivity index (χ2v) is 6.61. The van der Waals surface area contributed by atoms with E-state index in [1.807, 2.05) is 13.8 Å². The molecule has 150 valence electrons. The van der Waals surface area contributed by atoms with E-state index >= 15 is 0 Å². The van der Waals surface area contributed by atoms with Crippen LogP contribution in [-0.4, -0.2) is 56.6 Å². The van der Waals surface area contributed by atoms with Crippen LogP contribution in [0.4, 0.5) is 0 Å². The first-order valence-corrected chi connectivity index (χ1v) is 9.81. The minimum absolute atomic E-state index is 0.00764. The van der Waals surface area contributed by atoms with Crippen molar-refractivity contribution in [3.05, 3.63) is 0 Å². The zero-order valence-corrected chi connectivity index (χ0v) is 16.2. The van der Waals surface area contributed by atoms with Crippen LogP contribution in [0.2, 0.25) is 0 Å². The van der Waals surface area contributed by atoms with Crippen molar-refractivity contribution in [2.75, 3.05) is 33.0 Å². The molecule has 1 aliphatic rings. The van der Waals surface area contributed by atoms with E-state index in [2.05, 4.69) is 10.6 Å². The molecule has 1 fully saturated rings. The maximum atomic E-state index is 12.2. The van der Waals surface area contributed by atoms with Crippen LogP contribution >= 0.6 is 0 Å². The molecule has 0 aromatic carbocycles. The minimum atomic E-state index is 0.00764. The first-order valence-electron chi connectivity index (χ1n) is 9.81. The van der Waals surface area contributed by atoms with Crippen LogP contribution in [0.25, 0.3) is 0 Å². The maximum absolute atomic E-state index is 12.2. The molecular formula is C19H34N2O5. The zero-order chi connectivity index (χ0) is 19.2. The Morgan fingerprint density at radius 2 is 1.62 bits per heavy atom. The third-order valence-corrected chi connectivity index (χ3v) is 4.61. The Hall–Kier alpha value is -1.47. The van der Waals surface area contributed by atoms with Crippen molar-refractivity contribution < 1.29 is 23.9 Å². The van der Waals surface area contributed by atoms with Crippen LogP contribution in [0.1, 0.15) is 58.8 Å². The Labute approximate surface area is 156 Å². The molecule has 0 aliphatic heterocycles. The Morgan fingerprint density at radius 1 is 0.923 bits per heavy atom. The van der Waals surface area contributed by atoms with Crippen molar-refractivity contribution in [3.63, 3.8) is 0 Å². The second kappa shape index (κ2) is 13.7. The summed E-state index contributed by atoms with van der Waals surface area (Å²) >= 11 is 0. The summed E-state index contributed by atoms with van der Waals surface area (Å²) in [7, 11) is 0. The van der Waals surface area contributed by atoms with Gasteiger partial charge < -0.3 is 20.1 Å². The van der Waals surface area contributed by atoms with E-state index in [0.717, 1.165) is 25.7 Å². The minimum Gasteiger partial charge on any atom is -0.381 e. The first kappa shape index (κ1) is 22.6. The van der Waals surface area contributed by atoms with Gasteiger partial charge in [-0.3, -0.25) is 14.4 Å². The van der Waals surface area contributed by atoms with Gasteiger partial charge in [-0.15, -0.1) is 0 Å². The smallest absolute Gasteiger partial charge is 0.223 e. The van der Waals surface area contributed by atoms with Crippen molar-refractivity contribution >= 4 is 17.6 Å². The molecule has 7 heteroatoms. The Balaban J connectivity index is 2.08. The molecule has 7 nitrogen and oxygen atoms in total. The number of carbonyl (C=O) groups excluding carboxylic acids is 3. The van der Waals surface area contributed by atoms with Gasteiger partial charge in [0.15, 0.2) is 0 Å². The van der Waals surface area contributed by atoms with E-state index in [4.69, 9.17) is 9.47 Å².